The van der Waals surface area contributed by atoms with Crippen LogP contribution in [0.2, 0.25) is 0 Å². The number of piperidine rings is 1. The molecule has 30 heavy (non-hydrogen) atoms. The molecule has 5 heteroatoms. The van der Waals surface area contributed by atoms with Crippen molar-refractivity contribution in [3.05, 3.63) is 60.3 Å². The Labute approximate surface area is 179 Å². The molecule has 2 aliphatic heterocycles. The number of nitrogens with one attached hydrogen (secondary N) is 1. The van der Waals surface area contributed by atoms with Crippen molar-refractivity contribution < 1.29 is 4.74 Å². The molecular weight excluding hydrogens is 372 g/mol. The van der Waals surface area contributed by atoms with Crippen LogP contribution in [0.5, 0.6) is 5.75 Å². The van der Waals surface area contributed by atoms with Crippen LogP contribution in [0.1, 0.15) is 18.5 Å². The van der Waals surface area contributed by atoms with E-state index in [2.05, 4.69) is 68.2 Å². The summed E-state index contributed by atoms with van der Waals surface area (Å²) in [6.07, 6.45) is 2.61. The Morgan fingerprint density at radius 3 is 2.60 bits per heavy atom. The predicted molar refractivity (Wildman–Crippen MR) is 123 cm³/mol. The molecule has 0 saturated carbocycles. The Bertz CT molecular complexity index is 943. The van der Waals surface area contributed by atoms with Gasteiger partial charge < -0.3 is 14.6 Å². The topological polar surface area (TPSA) is 34.7 Å². The summed E-state index contributed by atoms with van der Waals surface area (Å²) in [6, 6.07) is 19.9. The minimum Gasteiger partial charge on any atom is -0.495 e. The van der Waals surface area contributed by atoms with Crippen molar-refractivity contribution in [2.75, 3.05) is 51.3 Å². The van der Waals surface area contributed by atoms with Crippen LogP contribution in [-0.4, -0.2) is 67.2 Å². The first kappa shape index (κ1) is 19.5. The van der Waals surface area contributed by atoms with Crippen molar-refractivity contribution in [2.24, 2.45) is 0 Å². The number of aromatic amines is 1. The number of aromatic nitrogens is 1. The fourth-order valence-corrected chi connectivity index (χ4v) is 5.15. The van der Waals surface area contributed by atoms with Crippen LogP contribution in [0.25, 0.3) is 10.9 Å². The number of likely N-dealkylation sites (tertiary alicyclic amines) is 1. The zero-order valence-corrected chi connectivity index (χ0v) is 17.9. The molecule has 2 aliphatic rings. The van der Waals surface area contributed by atoms with Crippen LogP contribution in [-0.2, 0) is 6.54 Å². The maximum Gasteiger partial charge on any atom is 0.142 e. The van der Waals surface area contributed by atoms with Crippen molar-refractivity contribution >= 4 is 16.6 Å². The second kappa shape index (κ2) is 8.70. The average Bonchev–Trinajstić information content (AvgIpc) is 3.21. The van der Waals surface area contributed by atoms with Gasteiger partial charge in [0.15, 0.2) is 0 Å². The first-order valence-corrected chi connectivity index (χ1v) is 11.2. The molecule has 2 saturated heterocycles. The van der Waals surface area contributed by atoms with Crippen LogP contribution < -0.4 is 9.64 Å². The van der Waals surface area contributed by atoms with Gasteiger partial charge in [-0.15, -0.1) is 0 Å². The van der Waals surface area contributed by atoms with Crippen LogP contribution in [0, 0.1) is 0 Å². The van der Waals surface area contributed by atoms with E-state index in [1.807, 2.05) is 6.07 Å². The molecule has 1 unspecified atom stereocenters. The SMILES string of the molecule is COc1ccccc1N1CCN(C2CCCN(Cc3cc4ccccc4[nH]3)C2)CC1. The molecule has 1 N–H and O–H groups in total. The number of piperazine rings is 1. The van der Waals surface area contributed by atoms with Crippen molar-refractivity contribution in [3.63, 3.8) is 0 Å². The molecule has 0 bridgehead atoms. The van der Waals surface area contributed by atoms with E-state index in [1.165, 1.54) is 48.2 Å². The summed E-state index contributed by atoms with van der Waals surface area (Å²) in [5.41, 5.74) is 3.80. The highest BCUT2D eigenvalue weighted by atomic mass is 16.5. The van der Waals surface area contributed by atoms with Gasteiger partial charge >= 0.3 is 0 Å². The zero-order chi connectivity index (χ0) is 20.3. The van der Waals surface area contributed by atoms with Gasteiger partial charge in [-0.3, -0.25) is 9.80 Å². The average molecular weight is 405 g/mol. The molecule has 5 rings (SSSR count). The summed E-state index contributed by atoms with van der Waals surface area (Å²) in [6.45, 7) is 7.78. The van der Waals surface area contributed by atoms with Gasteiger partial charge in [0.25, 0.3) is 0 Å². The third-order valence-electron chi connectivity index (χ3n) is 6.72. The van der Waals surface area contributed by atoms with Gasteiger partial charge in [0.1, 0.15) is 5.75 Å². The van der Waals surface area contributed by atoms with Crippen molar-refractivity contribution in [1.82, 2.24) is 14.8 Å². The Morgan fingerprint density at radius 2 is 1.77 bits per heavy atom. The molecule has 0 amide bonds. The second-order valence-corrected chi connectivity index (χ2v) is 8.61. The molecule has 158 valence electrons. The lowest BCUT2D eigenvalue weighted by molar-refractivity contribution is 0.0881. The number of para-hydroxylation sites is 3. The van der Waals surface area contributed by atoms with Crippen molar-refractivity contribution in [1.29, 1.82) is 0 Å². The van der Waals surface area contributed by atoms with Crippen molar-refractivity contribution in [3.8, 4) is 5.75 Å². The molecular formula is C25H32N4O. The highest BCUT2D eigenvalue weighted by Gasteiger charge is 2.29. The lowest BCUT2D eigenvalue weighted by Crippen LogP contribution is -2.55. The van der Waals surface area contributed by atoms with E-state index in [0.717, 1.165) is 38.5 Å². The van der Waals surface area contributed by atoms with Crippen molar-refractivity contribution in [2.45, 2.75) is 25.4 Å². The number of hydrogen-bond donors (Lipinski definition) is 1. The molecule has 1 aromatic heterocycles. The van der Waals surface area contributed by atoms with Gasteiger partial charge in [-0.25, -0.2) is 0 Å². The van der Waals surface area contributed by atoms with E-state index in [4.69, 9.17) is 4.74 Å². The zero-order valence-electron chi connectivity index (χ0n) is 17.9. The third-order valence-corrected chi connectivity index (χ3v) is 6.72. The highest BCUT2D eigenvalue weighted by molar-refractivity contribution is 5.80. The summed E-state index contributed by atoms with van der Waals surface area (Å²) in [5, 5.41) is 1.31. The van der Waals surface area contributed by atoms with E-state index in [0.29, 0.717) is 6.04 Å². The number of hydrogen-bond acceptors (Lipinski definition) is 4. The Hall–Kier alpha value is -2.50. The smallest absolute Gasteiger partial charge is 0.142 e. The van der Waals surface area contributed by atoms with Crippen LogP contribution in [0.4, 0.5) is 5.69 Å². The van der Waals surface area contributed by atoms with Crippen LogP contribution in [0.15, 0.2) is 54.6 Å². The van der Waals surface area contributed by atoms with E-state index in [1.54, 1.807) is 7.11 Å². The summed E-state index contributed by atoms with van der Waals surface area (Å²) >= 11 is 0. The molecule has 2 aromatic carbocycles. The highest BCUT2D eigenvalue weighted by Crippen LogP contribution is 2.29. The lowest BCUT2D eigenvalue weighted by atomic mass is 10.0. The summed E-state index contributed by atoms with van der Waals surface area (Å²) in [7, 11) is 1.76. The first-order valence-electron chi connectivity index (χ1n) is 11.2. The van der Waals surface area contributed by atoms with Gasteiger partial charge in [0.05, 0.1) is 12.8 Å². The molecule has 3 aromatic rings. The summed E-state index contributed by atoms with van der Waals surface area (Å²) in [4.78, 5) is 11.4. The predicted octanol–water partition coefficient (Wildman–Crippen LogP) is 3.96. The minimum atomic E-state index is 0.669. The minimum absolute atomic E-state index is 0.669. The fourth-order valence-electron chi connectivity index (χ4n) is 5.15. The Balaban J connectivity index is 1.18. The first-order chi connectivity index (χ1) is 14.8. The largest absolute Gasteiger partial charge is 0.495 e. The fraction of sp³-hybridized carbons (Fsp3) is 0.440. The molecule has 0 radical (unpaired) electrons. The van der Waals surface area contributed by atoms with E-state index in [-0.39, 0.29) is 0 Å². The monoisotopic (exact) mass is 404 g/mol. The standard InChI is InChI=1S/C25H32N4O/c1-30-25-11-5-4-10-24(25)29-15-13-28(14-16-29)22-8-6-12-27(19-22)18-21-17-20-7-2-3-9-23(20)26-21/h2-5,7,9-11,17,22,26H,6,8,12-16,18-19H2,1H3. The molecule has 5 nitrogen and oxygen atoms in total. The van der Waals surface area contributed by atoms with Crippen LogP contribution >= 0.6 is 0 Å². The second-order valence-electron chi connectivity index (χ2n) is 8.61. The number of rotatable bonds is 5. The maximum atomic E-state index is 5.57. The van der Waals surface area contributed by atoms with E-state index in [9.17, 15) is 0 Å². The Morgan fingerprint density at radius 1 is 0.967 bits per heavy atom. The van der Waals surface area contributed by atoms with Gasteiger partial charge in [-0.1, -0.05) is 30.3 Å². The third kappa shape index (κ3) is 4.05. The van der Waals surface area contributed by atoms with Gasteiger partial charge in [-0.2, -0.15) is 0 Å². The van der Waals surface area contributed by atoms with Gasteiger partial charge in [0.2, 0.25) is 0 Å². The summed E-state index contributed by atoms with van der Waals surface area (Å²) < 4.78 is 5.57. The molecule has 0 spiro atoms. The molecule has 2 fully saturated rings. The quantitative estimate of drug-likeness (QED) is 0.698. The molecule has 1 atom stereocenters. The maximum absolute atomic E-state index is 5.57. The molecule has 0 aliphatic carbocycles. The van der Waals surface area contributed by atoms with Gasteiger partial charge in [-0.05, 0) is 49.0 Å². The number of benzene rings is 2. The molecule has 3 heterocycles. The normalized spacial score (nSPS) is 21.2. The number of ether oxygens (including phenoxy) is 1. The number of H-pyrrole nitrogens is 1. The van der Waals surface area contributed by atoms with E-state index < -0.39 is 0 Å². The Kier molecular flexibility index (Phi) is 5.65. The summed E-state index contributed by atoms with van der Waals surface area (Å²) in [5.74, 6) is 0.980. The number of anilines is 1. The number of fused-ring (bicyclic) bond motifs is 1. The van der Waals surface area contributed by atoms with E-state index >= 15 is 0 Å². The number of nitrogens with zero attached hydrogens (tertiary/aromatic N) is 3. The number of methoxy groups -OCH3 is 1. The van der Waals surface area contributed by atoms with Gasteiger partial charge in [0, 0.05) is 56.5 Å². The lowest BCUT2D eigenvalue weighted by Gasteiger charge is -2.44. The van der Waals surface area contributed by atoms with Crippen LogP contribution in [0.3, 0.4) is 0 Å².